The van der Waals surface area contributed by atoms with Crippen LogP contribution in [0.1, 0.15) is 19.3 Å². The maximum absolute atomic E-state index is 11.7. The molecule has 6 nitrogen and oxygen atoms in total. The first-order valence-corrected chi connectivity index (χ1v) is 6.68. The highest BCUT2D eigenvalue weighted by molar-refractivity contribution is 5.76. The monoisotopic (exact) mass is 267 g/mol. The molecule has 1 aliphatic rings. The van der Waals surface area contributed by atoms with E-state index in [1.165, 1.54) is 7.11 Å². The van der Waals surface area contributed by atoms with Crippen molar-refractivity contribution in [3.63, 3.8) is 0 Å². The number of likely N-dealkylation sites (tertiary alicyclic amines) is 1. The fourth-order valence-corrected chi connectivity index (χ4v) is 2.60. The molecule has 106 valence electrons. The third-order valence-electron chi connectivity index (χ3n) is 3.57. The van der Waals surface area contributed by atoms with E-state index in [9.17, 15) is 9.90 Å². The van der Waals surface area contributed by atoms with Crippen LogP contribution in [0.2, 0.25) is 0 Å². The summed E-state index contributed by atoms with van der Waals surface area (Å²) in [7, 11) is 1.37. The first-order chi connectivity index (χ1) is 9.22. The van der Waals surface area contributed by atoms with Crippen LogP contribution in [0.25, 0.3) is 0 Å². The average Bonchev–Trinajstić information content (AvgIpc) is 2.91. The Morgan fingerprint density at radius 2 is 2.37 bits per heavy atom. The molecule has 1 aromatic heterocycles. The minimum Gasteiger partial charge on any atom is -0.468 e. The first kappa shape index (κ1) is 14.0. The summed E-state index contributed by atoms with van der Waals surface area (Å²) in [6.45, 7) is 2.47. The van der Waals surface area contributed by atoms with Gasteiger partial charge in [0.1, 0.15) is 6.04 Å². The number of piperidine rings is 1. The summed E-state index contributed by atoms with van der Waals surface area (Å²) in [5, 5.41) is 9.97. The van der Waals surface area contributed by atoms with E-state index in [1.54, 1.807) is 12.5 Å². The molecule has 0 aliphatic carbocycles. The van der Waals surface area contributed by atoms with Crippen LogP contribution in [0.15, 0.2) is 18.7 Å². The number of rotatable bonds is 5. The fourth-order valence-electron chi connectivity index (χ4n) is 2.60. The molecule has 2 rings (SSSR count). The summed E-state index contributed by atoms with van der Waals surface area (Å²) in [6.07, 6.45) is 7.33. The second kappa shape index (κ2) is 6.68. The number of carbonyl (C=O) groups is 1. The van der Waals surface area contributed by atoms with Crippen LogP contribution in [0.5, 0.6) is 0 Å². The predicted octanol–water partition coefficient (Wildman–Crippen LogP) is 0.271. The zero-order valence-corrected chi connectivity index (χ0v) is 11.2. The summed E-state index contributed by atoms with van der Waals surface area (Å²) >= 11 is 0. The largest absolute Gasteiger partial charge is 0.468 e. The van der Waals surface area contributed by atoms with Gasteiger partial charge < -0.3 is 14.4 Å². The minimum absolute atomic E-state index is 0.338. The van der Waals surface area contributed by atoms with E-state index in [-0.39, 0.29) is 5.97 Å². The normalized spacial score (nSPS) is 24.3. The number of aryl methyl sites for hydroxylation is 1. The molecule has 0 amide bonds. The van der Waals surface area contributed by atoms with Crippen molar-refractivity contribution < 1.29 is 14.6 Å². The van der Waals surface area contributed by atoms with Crippen molar-refractivity contribution in [3.8, 4) is 0 Å². The maximum Gasteiger partial charge on any atom is 0.325 e. The lowest BCUT2D eigenvalue weighted by molar-refractivity contribution is -0.154. The van der Waals surface area contributed by atoms with E-state index in [0.29, 0.717) is 6.42 Å². The molecule has 0 unspecified atom stereocenters. The first-order valence-electron chi connectivity index (χ1n) is 6.68. The Labute approximate surface area is 113 Å². The summed E-state index contributed by atoms with van der Waals surface area (Å²) in [6, 6.07) is -0.512. The molecule has 2 atom stereocenters. The molecule has 0 radical (unpaired) electrons. The zero-order chi connectivity index (χ0) is 13.7. The number of ether oxygens (including phenoxy) is 1. The summed E-state index contributed by atoms with van der Waals surface area (Å²) in [4.78, 5) is 17.8. The number of nitrogens with zero attached hydrogens (tertiary/aromatic N) is 3. The molecular formula is C13H21N3O3. The number of hydrogen-bond donors (Lipinski definition) is 1. The summed E-state index contributed by atoms with van der Waals surface area (Å²) < 4.78 is 6.79. The van der Waals surface area contributed by atoms with Crippen molar-refractivity contribution in [3.05, 3.63) is 18.7 Å². The van der Waals surface area contributed by atoms with Crippen LogP contribution >= 0.6 is 0 Å². The van der Waals surface area contributed by atoms with Crippen molar-refractivity contribution in [2.75, 3.05) is 20.2 Å². The molecule has 19 heavy (non-hydrogen) atoms. The van der Waals surface area contributed by atoms with Gasteiger partial charge in [-0.3, -0.25) is 9.69 Å². The molecule has 0 aromatic carbocycles. The predicted molar refractivity (Wildman–Crippen MR) is 69.5 cm³/mol. The number of esters is 1. The van der Waals surface area contributed by atoms with Crippen molar-refractivity contribution in [2.24, 2.45) is 0 Å². The quantitative estimate of drug-likeness (QED) is 0.776. The maximum atomic E-state index is 11.7. The number of carbonyl (C=O) groups excluding carboxylic acids is 1. The number of hydrogen-bond acceptors (Lipinski definition) is 5. The van der Waals surface area contributed by atoms with Crippen LogP contribution in [-0.4, -0.2) is 57.9 Å². The minimum atomic E-state index is -0.616. The smallest absolute Gasteiger partial charge is 0.325 e. The van der Waals surface area contributed by atoms with Crippen LogP contribution in [0.4, 0.5) is 0 Å². The van der Waals surface area contributed by atoms with E-state index in [0.717, 1.165) is 32.5 Å². The van der Waals surface area contributed by atoms with E-state index in [2.05, 4.69) is 4.98 Å². The van der Waals surface area contributed by atoms with Crippen LogP contribution in [0, 0.1) is 0 Å². The molecule has 1 fully saturated rings. The molecule has 1 aromatic rings. The molecule has 2 heterocycles. The van der Waals surface area contributed by atoms with E-state index >= 15 is 0 Å². The molecular weight excluding hydrogens is 246 g/mol. The Balaban J connectivity index is 1.87. The molecule has 1 aliphatic heterocycles. The van der Waals surface area contributed by atoms with Gasteiger partial charge in [-0.15, -0.1) is 0 Å². The molecule has 1 N–H and O–H groups in total. The SMILES string of the molecule is COC(=O)[C@H]1[C@@H](O)CCCN1CCCn1ccnc1. The third-order valence-corrected chi connectivity index (χ3v) is 3.57. The Kier molecular flexibility index (Phi) is 4.93. The van der Waals surface area contributed by atoms with Crippen molar-refractivity contribution in [2.45, 2.75) is 38.0 Å². The van der Waals surface area contributed by atoms with Crippen LogP contribution in [0.3, 0.4) is 0 Å². The van der Waals surface area contributed by atoms with Gasteiger partial charge in [0.25, 0.3) is 0 Å². The van der Waals surface area contributed by atoms with Crippen LogP contribution < -0.4 is 0 Å². The van der Waals surface area contributed by atoms with Gasteiger partial charge in [0.05, 0.1) is 19.5 Å². The second-order valence-corrected chi connectivity index (χ2v) is 4.87. The standard InChI is InChI=1S/C13H21N3O3/c1-19-13(18)12-11(17)4-2-7-16(12)8-3-6-15-9-5-14-10-15/h5,9-12,17H,2-4,6-8H2,1H3/t11-,12+/m0/s1. The number of aromatic nitrogens is 2. The fraction of sp³-hybridized carbons (Fsp3) is 0.692. The van der Waals surface area contributed by atoms with Crippen LogP contribution in [-0.2, 0) is 16.1 Å². The highest BCUT2D eigenvalue weighted by Crippen LogP contribution is 2.19. The van der Waals surface area contributed by atoms with E-state index < -0.39 is 12.1 Å². The van der Waals surface area contributed by atoms with E-state index in [4.69, 9.17) is 4.74 Å². The molecule has 0 saturated carbocycles. The van der Waals surface area contributed by atoms with Gasteiger partial charge in [-0.25, -0.2) is 4.98 Å². The molecule has 6 heteroatoms. The van der Waals surface area contributed by atoms with Gasteiger partial charge in [0, 0.05) is 25.5 Å². The average molecular weight is 267 g/mol. The van der Waals surface area contributed by atoms with Gasteiger partial charge in [0.2, 0.25) is 0 Å². The number of aliphatic hydroxyl groups is 1. The van der Waals surface area contributed by atoms with Gasteiger partial charge in [-0.2, -0.15) is 0 Å². The lowest BCUT2D eigenvalue weighted by atomic mass is 9.98. The zero-order valence-electron chi connectivity index (χ0n) is 11.2. The molecule has 0 spiro atoms. The number of methoxy groups -OCH3 is 1. The number of aliphatic hydroxyl groups excluding tert-OH is 1. The number of imidazole rings is 1. The van der Waals surface area contributed by atoms with Crippen molar-refractivity contribution in [1.29, 1.82) is 0 Å². The van der Waals surface area contributed by atoms with Gasteiger partial charge in [-0.1, -0.05) is 0 Å². The third kappa shape index (κ3) is 3.54. The Morgan fingerprint density at radius 1 is 1.53 bits per heavy atom. The van der Waals surface area contributed by atoms with Crippen molar-refractivity contribution in [1.82, 2.24) is 14.5 Å². The highest BCUT2D eigenvalue weighted by Gasteiger charge is 2.36. The summed E-state index contributed by atoms with van der Waals surface area (Å²) in [5.41, 5.74) is 0. The summed E-state index contributed by atoms with van der Waals surface area (Å²) in [5.74, 6) is -0.338. The topological polar surface area (TPSA) is 67.6 Å². The highest BCUT2D eigenvalue weighted by atomic mass is 16.5. The van der Waals surface area contributed by atoms with Crippen molar-refractivity contribution >= 4 is 5.97 Å². The van der Waals surface area contributed by atoms with Gasteiger partial charge in [0.15, 0.2) is 0 Å². The lowest BCUT2D eigenvalue weighted by Gasteiger charge is -2.37. The second-order valence-electron chi connectivity index (χ2n) is 4.87. The molecule has 0 bridgehead atoms. The molecule has 1 saturated heterocycles. The van der Waals surface area contributed by atoms with E-state index in [1.807, 2.05) is 15.7 Å². The lowest BCUT2D eigenvalue weighted by Crippen LogP contribution is -2.53. The Hall–Kier alpha value is -1.40. The Morgan fingerprint density at radius 3 is 3.05 bits per heavy atom. The van der Waals surface area contributed by atoms with Gasteiger partial charge >= 0.3 is 5.97 Å². The Bertz CT molecular complexity index is 394. The van der Waals surface area contributed by atoms with Gasteiger partial charge in [-0.05, 0) is 25.8 Å².